The number of nitro groups is 1. The van der Waals surface area contributed by atoms with Gasteiger partial charge in [-0.1, -0.05) is 48.5 Å². The minimum Gasteiger partial charge on any atom is -0.268 e. The SMILES string of the molecule is O=C1S/C(=C\c2ccccc2[N+](=O)[O-])C(=O)N1Cc1ccc2ccccc2c1. The molecular formula is C21H14N2O4S. The second-order valence-electron chi connectivity index (χ2n) is 6.27. The van der Waals surface area contributed by atoms with Crippen LogP contribution in [0.25, 0.3) is 16.8 Å². The highest BCUT2D eigenvalue weighted by Gasteiger charge is 2.35. The molecule has 0 N–H and O–H groups in total. The van der Waals surface area contributed by atoms with Crippen molar-refractivity contribution < 1.29 is 14.5 Å². The summed E-state index contributed by atoms with van der Waals surface area (Å²) in [5.74, 6) is -0.443. The molecule has 1 aliphatic rings. The Labute approximate surface area is 164 Å². The highest BCUT2D eigenvalue weighted by atomic mass is 32.2. The fraction of sp³-hybridized carbons (Fsp3) is 0.0476. The maximum absolute atomic E-state index is 12.7. The van der Waals surface area contributed by atoms with Gasteiger partial charge in [-0.15, -0.1) is 0 Å². The number of thioether (sulfide) groups is 1. The highest BCUT2D eigenvalue weighted by Crippen LogP contribution is 2.35. The summed E-state index contributed by atoms with van der Waals surface area (Å²) in [6.45, 7) is 0.156. The Bertz CT molecular complexity index is 1160. The first-order valence-electron chi connectivity index (χ1n) is 8.49. The number of fused-ring (bicyclic) bond motifs is 1. The Morgan fingerprint density at radius 3 is 2.46 bits per heavy atom. The average Bonchev–Trinajstić information content (AvgIpc) is 2.95. The van der Waals surface area contributed by atoms with Crippen LogP contribution in [0.3, 0.4) is 0 Å². The molecule has 1 aliphatic heterocycles. The number of hydrogen-bond donors (Lipinski definition) is 0. The molecule has 0 bridgehead atoms. The van der Waals surface area contributed by atoms with Crippen LogP contribution in [0.2, 0.25) is 0 Å². The normalized spacial score (nSPS) is 15.6. The molecule has 0 radical (unpaired) electrons. The van der Waals surface area contributed by atoms with Crippen LogP contribution in [0.4, 0.5) is 10.5 Å². The highest BCUT2D eigenvalue weighted by molar-refractivity contribution is 8.18. The number of amides is 2. The van der Waals surface area contributed by atoms with Crippen LogP contribution >= 0.6 is 11.8 Å². The second-order valence-corrected chi connectivity index (χ2v) is 7.26. The molecule has 7 heteroatoms. The maximum Gasteiger partial charge on any atom is 0.293 e. The van der Waals surface area contributed by atoms with Crippen molar-refractivity contribution in [1.82, 2.24) is 4.90 Å². The fourth-order valence-corrected chi connectivity index (χ4v) is 3.90. The average molecular weight is 390 g/mol. The quantitative estimate of drug-likeness (QED) is 0.356. The third-order valence-corrected chi connectivity index (χ3v) is 5.36. The van der Waals surface area contributed by atoms with Gasteiger partial charge in [0.05, 0.1) is 21.9 Å². The van der Waals surface area contributed by atoms with Crippen LogP contribution in [0.1, 0.15) is 11.1 Å². The number of nitro benzene ring substituents is 1. The predicted molar refractivity (Wildman–Crippen MR) is 109 cm³/mol. The molecule has 3 aromatic rings. The summed E-state index contributed by atoms with van der Waals surface area (Å²) in [7, 11) is 0. The topological polar surface area (TPSA) is 80.5 Å². The summed E-state index contributed by atoms with van der Waals surface area (Å²) in [5, 5.41) is 12.9. The van der Waals surface area contributed by atoms with Crippen LogP contribution in [-0.4, -0.2) is 21.0 Å². The lowest BCUT2D eigenvalue weighted by atomic mass is 10.1. The zero-order chi connectivity index (χ0) is 19.7. The zero-order valence-electron chi connectivity index (χ0n) is 14.6. The van der Waals surface area contributed by atoms with E-state index in [9.17, 15) is 19.7 Å². The zero-order valence-corrected chi connectivity index (χ0v) is 15.4. The molecular weight excluding hydrogens is 376 g/mol. The molecule has 138 valence electrons. The summed E-state index contributed by atoms with van der Waals surface area (Å²) in [5.41, 5.74) is 1.03. The summed E-state index contributed by atoms with van der Waals surface area (Å²) >= 11 is 0.796. The smallest absolute Gasteiger partial charge is 0.268 e. The largest absolute Gasteiger partial charge is 0.293 e. The third kappa shape index (κ3) is 3.39. The molecule has 0 unspecified atom stereocenters. The van der Waals surface area contributed by atoms with E-state index in [1.807, 2.05) is 42.5 Å². The lowest BCUT2D eigenvalue weighted by molar-refractivity contribution is -0.385. The third-order valence-electron chi connectivity index (χ3n) is 4.45. The number of para-hydroxylation sites is 1. The molecule has 0 aliphatic carbocycles. The van der Waals surface area contributed by atoms with Crippen LogP contribution in [0, 0.1) is 10.1 Å². The Hall–Kier alpha value is -3.45. The Balaban J connectivity index is 1.61. The lowest BCUT2D eigenvalue weighted by Crippen LogP contribution is -2.27. The Morgan fingerprint density at radius 2 is 1.68 bits per heavy atom. The van der Waals surface area contributed by atoms with Gasteiger partial charge in [0.25, 0.3) is 16.8 Å². The first-order chi connectivity index (χ1) is 13.5. The molecule has 6 nitrogen and oxygen atoms in total. The van der Waals surface area contributed by atoms with Crippen LogP contribution in [-0.2, 0) is 11.3 Å². The van der Waals surface area contributed by atoms with E-state index < -0.39 is 10.8 Å². The summed E-state index contributed by atoms with van der Waals surface area (Å²) in [4.78, 5) is 37.1. The molecule has 4 rings (SSSR count). The summed E-state index contributed by atoms with van der Waals surface area (Å²) in [6.07, 6.45) is 1.41. The van der Waals surface area contributed by atoms with Crippen molar-refractivity contribution in [3.63, 3.8) is 0 Å². The van der Waals surface area contributed by atoms with E-state index in [0.717, 1.165) is 33.0 Å². The van der Waals surface area contributed by atoms with Crippen LogP contribution < -0.4 is 0 Å². The molecule has 28 heavy (non-hydrogen) atoms. The van der Waals surface area contributed by atoms with Gasteiger partial charge in [0.1, 0.15) is 0 Å². The second kappa shape index (κ2) is 7.28. The van der Waals surface area contributed by atoms with Gasteiger partial charge in [-0.05, 0) is 46.3 Å². The van der Waals surface area contributed by atoms with E-state index in [1.165, 1.54) is 12.1 Å². The van der Waals surface area contributed by atoms with Crippen molar-refractivity contribution in [2.75, 3.05) is 0 Å². The van der Waals surface area contributed by atoms with Crippen molar-refractivity contribution >= 4 is 45.4 Å². The molecule has 1 fully saturated rings. The van der Waals surface area contributed by atoms with Gasteiger partial charge in [-0.2, -0.15) is 0 Å². The molecule has 3 aromatic carbocycles. The van der Waals surface area contributed by atoms with Crippen LogP contribution in [0.15, 0.2) is 71.6 Å². The molecule has 0 spiro atoms. The van der Waals surface area contributed by atoms with E-state index in [2.05, 4.69) is 0 Å². The molecule has 0 atom stereocenters. The molecule has 0 saturated carbocycles. The summed E-state index contributed by atoms with van der Waals surface area (Å²) < 4.78 is 0. The van der Waals surface area contributed by atoms with E-state index in [4.69, 9.17) is 0 Å². The number of carbonyl (C=O) groups excluding carboxylic acids is 2. The van der Waals surface area contributed by atoms with Gasteiger partial charge in [0, 0.05) is 6.07 Å². The monoisotopic (exact) mass is 390 g/mol. The lowest BCUT2D eigenvalue weighted by Gasteiger charge is -2.13. The van der Waals surface area contributed by atoms with E-state index in [1.54, 1.807) is 18.2 Å². The van der Waals surface area contributed by atoms with E-state index >= 15 is 0 Å². The van der Waals surface area contributed by atoms with E-state index in [0.29, 0.717) is 5.56 Å². The first kappa shape index (κ1) is 17.9. The standard InChI is InChI=1S/C21H14N2O4S/c24-20-19(12-17-7-3-4-8-18(17)23(26)27)28-21(25)22(20)13-14-9-10-15-5-1-2-6-16(15)11-14/h1-12H,13H2/b19-12-. The Morgan fingerprint density at radius 1 is 0.964 bits per heavy atom. The number of nitrogens with zero attached hydrogens (tertiary/aromatic N) is 2. The van der Waals surface area contributed by atoms with Gasteiger partial charge >= 0.3 is 0 Å². The number of imide groups is 1. The Kier molecular flexibility index (Phi) is 4.67. The predicted octanol–water partition coefficient (Wildman–Crippen LogP) is 4.98. The van der Waals surface area contributed by atoms with Crippen molar-refractivity contribution in [2.45, 2.75) is 6.54 Å². The van der Waals surface area contributed by atoms with Gasteiger partial charge in [0.15, 0.2) is 0 Å². The fourth-order valence-electron chi connectivity index (χ4n) is 3.07. The van der Waals surface area contributed by atoms with E-state index in [-0.39, 0.29) is 22.4 Å². The minimum absolute atomic E-state index is 0.108. The minimum atomic E-state index is -0.509. The number of benzene rings is 3. The number of carbonyl (C=O) groups is 2. The molecule has 1 heterocycles. The van der Waals surface area contributed by atoms with Gasteiger partial charge in [-0.25, -0.2) is 0 Å². The van der Waals surface area contributed by atoms with Gasteiger partial charge < -0.3 is 0 Å². The van der Waals surface area contributed by atoms with Crippen molar-refractivity contribution in [3.05, 3.63) is 92.9 Å². The summed E-state index contributed by atoms with van der Waals surface area (Å²) in [6, 6.07) is 19.8. The molecule has 1 saturated heterocycles. The number of hydrogen-bond acceptors (Lipinski definition) is 5. The maximum atomic E-state index is 12.7. The van der Waals surface area contributed by atoms with Crippen molar-refractivity contribution in [2.24, 2.45) is 0 Å². The van der Waals surface area contributed by atoms with Gasteiger partial charge in [0.2, 0.25) is 0 Å². The van der Waals surface area contributed by atoms with Crippen molar-refractivity contribution in [3.8, 4) is 0 Å². The van der Waals surface area contributed by atoms with Crippen molar-refractivity contribution in [1.29, 1.82) is 0 Å². The molecule has 0 aromatic heterocycles. The number of rotatable bonds is 4. The van der Waals surface area contributed by atoms with Gasteiger partial charge in [-0.3, -0.25) is 24.6 Å². The van der Waals surface area contributed by atoms with Crippen LogP contribution in [0.5, 0.6) is 0 Å². The molecule has 2 amide bonds. The first-order valence-corrected chi connectivity index (χ1v) is 9.31.